The Balaban J connectivity index is 1.37. The van der Waals surface area contributed by atoms with Crippen molar-refractivity contribution >= 4 is 22.9 Å². The molecule has 0 radical (unpaired) electrons. The number of carbonyl (C=O) groups excluding carboxylic acids is 1. The summed E-state index contributed by atoms with van der Waals surface area (Å²) in [5.74, 6) is 1.70. The standard InChI is InChI=1S/C27H30N6O2/c1-32(2)27(34)29-14-19-11-21(12-19)33-15-23(24-25(28)30-17-31-26(24)33)20-9-6-10-22(13-20)35-16-18-7-4-3-5-8-18/h3-10,13,15,17,19,21H,11-12,14,16H2,1-2H3,(H,29,34)(H2,28,30,31)/t19-,21-. The molecule has 0 aliphatic heterocycles. The van der Waals surface area contributed by atoms with Gasteiger partial charge in [-0.25, -0.2) is 14.8 Å². The summed E-state index contributed by atoms with van der Waals surface area (Å²) in [5, 5.41) is 3.84. The number of amides is 2. The van der Waals surface area contributed by atoms with Gasteiger partial charge in [-0.2, -0.15) is 0 Å². The molecular formula is C27H30N6O2. The van der Waals surface area contributed by atoms with E-state index in [-0.39, 0.29) is 6.03 Å². The summed E-state index contributed by atoms with van der Waals surface area (Å²) in [6.07, 6.45) is 5.60. The Labute approximate surface area is 204 Å². The third-order valence-electron chi connectivity index (χ3n) is 6.58. The van der Waals surface area contributed by atoms with Gasteiger partial charge in [-0.05, 0) is 42.0 Å². The quantitative estimate of drug-likeness (QED) is 0.415. The number of carbonyl (C=O) groups is 1. The second kappa shape index (κ2) is 9.66. The average molecular weight is 471 g/mol. The zero-order chi connectivity index (χ0) is 24.4. The van der Waals surface area contributed by atoms with Crippen LogP contribution in [0.1, 0.15) is 24.4 Å². The van der Waals surface area contributed by atoms with Crippen LogP contribution in [0.2, 0.25) is 0 Å². The maximum absolute atomic E-state index is 11.8. The molecule has 1 fully saturated rings. The summed E-state index contributed by atoms with van der Waals surface area (Å²) in [5.41, 5.74) is 10.3. The molecule has 1 aliphatic carbocycles. The molecule has 5 rings (SSSR count). The first-order valence-corrected chi connectivity index (χ1v) is 11.8. The molecule has 0 saturated heterocycles. The van der Waals surface area contributed by atoms with Crippen LogP contribution in [-0.2, 0) is 6.61 Å². The highest BCUT2D eigenvalue weighted by molar-refractivity contribution is 6.00. The van der Waals surface area contributed by atoms with Gasteiger partial charge < -0.3 is 25.3 Å². The number of ether oxygens (including phenoxy) is 1. The minimum Gasteiger partial charge on any atom is -0.489 e. The predicted octanol–water partition coefficient (Wildman–Crippen LogP) is 4.48. The number of hydrogen-bond acceptors (Lipinski definition) is 5. The van der Waals surface area contributed by atoms with Crippen molar-refractivity contribution in [3.05, 3.63) is 72.7 Å². The molecule has 0 atom stereocenters. The minimum absolute atomic E-state index is 0.0583. The Hall–Kier alpha value is -4.07. The topological polar surface area (TPSA) is 98.3 Å². The van der Waals surface area contributed by atoms with Crippen molar-refractivity contribution < 1.29 is 9.53 Å². The van der Waals surface area contributed by atoms with Crippen LogP contribution >= 0.6 is 0 Å². The van der Waals surface area contributed by atoms with Crippen LogP contribution in [0, 0.1) is 5.92 Å². The van der Waals surface area contributed by atoms with Gasteiger partial charge in [-0.3, -0.25) is 0 Å². The van der Waals surface area contributed by atoms with E-state index >= 15 is 0 Å². The van der Waals surface area contributed by atoms with E-state index in [1.165, 1.54) is 6.33 Å². The van der Waals surface area contributed by atoms with Crippen molar-refractivity contribution in [1.82, 2.24) is 24.8 Å². The zero-order valence-electron chi connectivity index (χ0n) is 20.0. The van der Waals surface area contributed by atoms with Gasteiger partial charge in [0.2, 0.25) is 0 Å². The van der Waals surface area contributed by atoms with Gasteiger partial charge in [0.1, 0.15) is 30.1 Å². The number of aromatic nitrogens is 3. The van der Waals surface area contributed by atoms with Crippen LogP contribution < -0.4 is 15.8 Å². The number of nitrogens with two attached hydrogens (primary N) is 1. The largest absolute Gasteiger partial charge is 0.489 e. The highest BCUT2D eigenvalue weighted by atomic mass is 16.5. The van der Waals surface area contributed by atoms with Gasteiger partial charge in [0, 0.05) is 38.4 Å². The zero-order valence-corrected chi connectivity index (χ0v) is 20.0. The summed E-state index contributed by atoms with van der Waals surface area (Å²) >= 11 is 0. The molecule has 2 aromatic heterocycles. The van der Waals surface area contributed by atoms with E-state index in [1.54, 1.807) is 19.0 Å². The van der Waals surface area contributed by atoms with Gasteiger partial charge in [-0.1, -0.05) is 42.5 Å². The number of nitrogen functional groups attached to an aromatic ring is 1. The highest BCUT2D eigenvalue weighted by Crippen LogP contribution is 2.43. The van der Waals surface area contributed by atoms with Crippen LogP contribution in [0.25, 0.3) is 22.2 Å². The summed E-state index contributed by atoms with van der Waals surface area (Å²) in [6.45, 7) is 1.18. The molecule has 0 bridgehead atoms. The molecule has 180 valence electrons. The van der Waals surface area contributed by atoms with Crippen molar-refractivity contribution in [2.24, 2.45) is 5.92 Å². The Morgan fingerprint density at radius 2 is 1.94 bits per heavy atom. The van der Waals surface area contributed by atoms with Crippen LogP contribution in [0.15, 0.2) is 67.1 Å². The smallest absolute Gasteiger partial charge is 0.316 e. The molecule has 35 heavy (non-hydrogen) atoms. The van der Waals surface area contributed by atoms with Crippen molar-refractivity contribution in [3.8, 4) is 16.9 Å². The van der Waals surface area contributed by atoms with Gasteiger partial charge >= 0.3 is 6.03 Å². The molecule has 4 aromatic rings. The molecule has 2 amide bonds. The van der Waals surface area contributed by atoms with Crippen LogP contribution in [0.3, 0.4) is 0 Å². The van der Waals surface area contributed by atoms with E-state index in [4.69, 9.17) is 10.5 Å². The molecule has 1 aliphatic rings. The lowest BCUT2D eigenvalue weighted by Gasteiger charge is -2.36. The van der Waals surface area contributed by atoms with Crippen molar-refractivity contribution in [3.63, 3.8) is 0 Å². The summed E-state index contributed by atoms with van der Waals surface area (Å²) in [6, 6.07) is 18.4. The van der Waals surface area contributed by atoms with Gasteiger partial charge in [0.15, 0.2) is 0 Å². The first-order valence-electron chi connectivity index (χ1n) is 11.8. The first-order chi connectivity index (χ1) is 17.0. The van der Waals surface area contributed by atoms with Crippen molar-refractivity contribution in [1.29, 1.82) is 0 Å². The van der Waals surface area contributed by atoms with Gasteiger partial charge in [0.05, 0.1) is 5.39 Å². The fourth-order valence-corrected chi connectivity index (χ4v) is 4.58. The molecule has 2 heterocycles. The van der Waals surface area contributed by atoms with Crippen molar-refractivity contribution in [2.75, 3.05) is 26.4 Å². The Bertz CT molecular complexity index is 1330. The fourth-order valence-electron chi connectivity index (χ4n) is 4.58. The highest BCUT2D eigenvalue weighted by Gasteiger charge is 2.32. The van der Waals surface area contributed by atoms with Crippen LogP contribution in [0.5, 0.6) is 5.75 Å². The molecule has 8 heteroatoms. The van der Waals surface area contributed by atoms with E-state index in [1.807, 2.05) is 48.5 Å². The van der Waals surface area contributed by atoms with E-state index in [0.717, 1.165) is 46.3 Å². The number of nitrogens with one attached hydrogen (secondary N) is 1. The Morgan fingerprint density at radius 1 is 1.14 bits per heavy atom. The van der Waals surface area contributed by atoms with E-state index in [9.17, 15) is 4.79 Å². The molecular weight excluding hydrogens is 440 g/mol. The minimum atomic E-state index is -0.0583. The lowest BCUT2D eigenvalue weighted by molar-refractivity contribution is 0.184. The Morgan fingerprint density at radius 3 is 2.71 bits per heavy atom. The second-order valence-corrected chi connectivity index (χ2v) is 9.28. The number of nitrogens with zero attached hydrogens (tertiary/aromatic N) is 4. The fraction of sp³-hybridized carbons (Fsp3) is 0.296. The summed E-state index contributed by atoms with van der Waals surface area (Å²) in [7, 11) is 3.50. The van der Waals surface area contributed by atoms with Gasteiger partial charge in [-0.15, -0.1) is 0 Å². The number of anilines is 1. The Kier molecular flexibility index (Phi) is 6.27. The van der Waals surface area contributed by atoms with Gasteiger partial charge in [0.25, 0.3) is 0 Å². The molecule has 0 spiro atoms. The summed E-state index contributed by atoms with van der Waals surface area (Å²) < 4.78 is 8.27. The van der Waals surface area contributed by atoms with Crippen LogP contribution in [0.4, 0.5) is 10.6 Å². The maximum Gasteiger partial charge on any atom is 0.316 e. The normalized spacial score (nSPS) is 17.1. The molecule has 8 nitrogen and oxygen atoms in total. The summed E-state index contributed by atoms with van der Waals surface area (Å²) in [4.78, 5) is 22.2. The predicted molar refractivity (Wildman–Crippen MR) is 137 cm³/mol. The van der Waals surface area contributed by atoms with Crippen molar-refractivity contribution in [2.45, 2.75) is 25.5 Å². The monoisotopic (exact) mass is 470 g/mol. The van der Waals surface area contributed by atoms with Crippen LogP contribution in [-0.4, -0.2) is 46.1 Å². The maximum atomic E-state index is 11.8. The third-order valence-corrected chi connectivity index (χ3v) is 6.58. The number of fused-ring (bicyclic) bond motifs is 1. The molecule has 2 aromatic carbocycles. The lowest BCUT2D eigenvalue weighted by Crippen LogP contribution is -2.41. The average Bonchev–Trinajstić information content (AvgIpc) is 3.23. The number of urea groups is 1. The third kappa shape index (κ3) is 4.77. The number of hydrogen-bond donors (Lipinski definition) is 2. The second-order valence-electron chi connectivity index (χ2n) is 9.28. The van der Waals surface area contributed by atoms with E-state index < -0.39 is 0 Å². The SMILES string of the molecule is CN(C)C(=O)NC[C@H]1C[C@H](n2cc(-c3cccc(OCc4ccccc4)c3)c3c(N)ncnc32)C1. The first kappa shape index (κ1) is 22.7. The molecule has 3 N–H and O–H groups in total. The van der Waals surface area contributed by atoms with E-state index in [2.05, 4.69) is 32.1 Å². The number of rotatable bonds is 7. The molecule has 0 unspecified atom stereocenters. The lowest BCUT2D eigenvalue weighted by atomic mass is 9.80. The molecule has 1 saturated carbocycles. The number of benzene rings is 2. The van der Waals surface area contributed by atoms with E-state index in [0.29, 0.717) is 30.9 Å².